The third kappa shape index (κ3) is 16.5. The Kier molecular flexibility index (Phi) is 20.3. The summed E-state index contributed by atoms with van der Waals surface area (Å²) in [4.78, 5) is 100. The largest absolute Gasteiger partial charge is 0.469 e. The van der Waals surface area contributed by atoms with E-state index in [4.69, 9.17) is 44.8 Å². The van der Waals surface area contributed by atoms with Crippen LogP contribution in [0.2, 0.25) is 5.02 Å². The average molecular weight is 815 g/mol. The predicted octanol–water partition coefficient (Wildman–Crippen LogP) is 2.03. The van der Waals surface area contributed by atoms with Crippen molar-refractivity contribution < 1.29 is 76.3 Å². The summed E-state index contributed by atoms with van der Waals surface area (Å²) < 4.78 is 43.8. The molecule has 0 aliphatic carbocycles. The van der Waals surface area contributed by atoms with E-state index in [1.165, 1.54) is 7.11 Å². The molecule has 2 N–H and O–H groups in total. The molecule has 1 aromatic rings. The van der Waals surface area contributed by atoms with Gasteiger partial charge in [0.1, 0.15) is 12.2 Å². The zero-order valence-electron chi connectivity index (χ0n) is 32.4. The van der Waals surface area contributed by atoms with Crippen molar-refractivity contribution in [2.75, 3.05) is 34.0 Å². The van der Waals surface area contributed by atoms with Gasteiger partial charge in [0.05, 0.1) is 46.3 Å². The highest BCUT2D eigenvalue weighted by molar-refractivity contribution is 6.30. The van der Waals surface area contributed by atoms with Crippen molar-refractivity contribution >= 4 is 59.2 Å². The van der Waals surface area contributed by atoms with Gasteiger partial charge in [-0.3, -0.25) is 33.6 Å². The van der Waals surface area contributed by atoms with E-state index in [1.807, 2.05) is 0 Å². The number of esters is 6. The predicted molar refractivity (Wildman–Crippen MR) is 193 cm³/mol. The van der Waals surface area contributed by atoms with Crippen LogP contribution >= 0.6 is 11.6 Å². The second kappa shape index (κ2) is 24.0. The molecule has 6 atom stereocenters. The third-order valence-corrected chi connectivity index (χ3v) is 8.53. The Morgan fingerprint density at radius 3 is 2.05 bits per heavy atom. The minimum absolute atomic E-state index is 0.0958. The van der Waals surface area contributed by atoms with Crippen LogP contribution in [-0.2, 0) is 82.7 Å². The maximum Gasteiger partial charge on any atom is 0.366 e. The summed E-state index contributed by atoms with van der Waals surface area (Å²) in [5.74, 6) is -8.61. The Morgan fingerprint density at radius 1 is 0.821 bits per heavy atom. The average Bonchev–Trinajstić information content (AvgIpc) is 3.13. The maximum absolute atomic E-state index is 13.6. The Labute approximate surface area is 329 Å². The quantitative estimate of drug-likeness (QED) is 0.0968. The van der Waals surface area contributed by atoms with Gasteiger partial charge in [-0.15, -0.1) is 0 Å². The van der Waals surface area contributed by atoms with Crippen LogP contribution in [0.4, 0.5) is 0 Å². The van der Waals surface area contributed by atoms with Crippen molar-refractivity contribution in [3.05, 3.63) is 34.9 Å². The molecule has 312 valence electrons. The second-order valence-electron chi connectivity index (χ2n) is 12.8. The normalized spacial score (nSPS) is 19.9. The number of ether oxygens (including phenoxy) is 8. The molecule has 0 saturated carbocycles. The van der Waals surface area contributed by atoms with E-state index in [0.717, 1.165) is 41.2 Å². The highest BCUT2D eigenvalue weighted by atomic mass is 35.5. The molecule has 2 rings (SSSR count). The molecular weight excluding hydrogens is 764 g/mol. The molecule has 0 spiro atoms. The van der Waals surface area contributed by atoms with Crippen molar-refractivity contribution in [1.29, 1.82) is 0 Å². The number of methoxy groups -OCH3 is 2. The zero-order chi connectivity index (χ0) is 41.8. The van der Waals surface area contributed by atoms with Crippen LogP contribution in [0, 0.1) is 0 Å². The topological polar surface area (TPSA) is 234 Å². The summed E-state index contributed by atoms with van der Waals surface area (Å²) in [6, 6.07) is 4.99. The number of rotatable bonds is 22. The van der Waals surface area contributed by atoms with E-state index in [9.17, 15) is 38.4 Å². The summed E-state index contributed by atoms with van der Waals surface area (Å²) in [6.07, 6.45) is -3.79. The van der Waals surface area contributed by atoms with Crippen LogP contribution in [0.1, 0.15) is 78.2 Å². The van der Waals surface area contributed by atoms with E-state index >= 15 is 0 Å². The highest BCUT2D eigenvalue weighted by Crippen LogP contribution is 2.37. The number of hydrogen-bond acceptors (Lipinski definition) is 16. The smallest absolute Gasteiger partial charge is 0.366 e. The summed E-state index contributed by atoms with van der Waals surface area (Å²) in [6.45, 7) is 2.90. The number of unbranched alkanes of at least 4 members (excludes halogenated alkanes) is 4. The molecule has 0 radical (unpaired) electrons. The molecule has 1 aliphatic heterocycles. The Morgan fingerprint density at radius 2 is 1.46 bits per heavy atom. The van der Waals surface area contributed by atoms with Crippen LogP contribution in [0.3, 0.4) is 0 Å². The van der Waals surface area contributed by atoms with Crippen molar-refractivity contribution in [3.63, 3.8) is 0 Å². The number of benzene rings is 1. The Bertz CT molecular complexity index is 1520. The third-order valence-electron chi connectivity index (χ3n) is 8.27. The van der Waals surface area contributed by atoms with E-state index < -0.39 is 97.5 Å². The lowest BCUT2D eigenvalue weighted by atomic mass is 9.87. The van der Waals surface area contributed by atoms with Crippen LogP contribution in [0.15, 0.2) is 24.3 Å². The molecule has 56 heavy (non-hydrogen) atoms. The number of amides is 2. The molecule has 0 aromatic heterocycles. The van der Waals surface area contributed by atoms with E-state index in [-0.39, 0.29) is 25.4 Å². The lowest BCUT2D eigenvalue weighted by molar-refractivity contribution is -0.313. The highest BCUT2D eigenvalue weighted by Gasteiger charge is 2.59. The number of carbonyl (C=O) groups is 8. The molecule has 0 bridgehead atoms. The van der Waals surface area contributed by atoms with Crippen LogP contribution < -0.4 is 10.6 Å². The monoisotopic (exact) mass is 814 g/mol. The lowest BCUT2D eigenvalue weighted by Crippen LogP contribution is -2.70. The number of nitrogens with one attached hydrogen (secondary N) is 2. The van der Waals surface area contributed by atoms with Crippen molar-refractivity contribution in [1.82, 2.24) is 10.6 Å². The second-order valence-corrected chi connectivity index (χ2v) is 13.3. The van der Waals surface area contributed by atoms with Gasteiger partial charge in [-0.1, -0.05) is 43.0 Å². The van der Waals surface area contributed by atoms with Gasteiger partial charge in [0.25, 0.3) is 11.7 Å². The van der Waals surface area contributed by atoms with E-state index in [1.54, 1.807) is 24.3 Å². The van der Waals surface area contributed by atoms with Crippen molar-refractivity contribution in [2.45, 2.75) is 115 Å². The lowest BCUT2D eigenvalue weighted by Gasteiger charge is -2.48. The standard InChI is InChI=1S/C37H51ClN2O16/c1-22(41)51-21-31(46)40-33-28(53-23(2)42)19-37(36(48)50-6,52-17-11-9-7-8-10-12-32(47)49-5)56-35(33)34(55-25(4)44)29(54-24(3)43)20-39-30(45)18-26-13-15-27(38)16-14-26/h13-16,28-29,33-35H,7-12,17-21H2,1-6H3,(H,39,45)(H,40,46)/t28-,29+,33+,34+,35+,37+/m0/s1. The summed E-state index contributed by atoms with van der Waals surface area (Å²) >= 11 is 5.95. The first-order valence-corrected chi connectivity index (χ1v) is 18.3. The van der Waals surface area contributed by atoms with Crippen molar-refractivity contribution in [3.8, 4) is 0 Å². The Hall–Kier alpha value is -4.81. The molecule has 19 heteroatoms. The molecule has 1 fully saturated rings. The van der Waals surface area contributed by atoms with Gasteiger partial charge in [-0.05, 0) is 30.5 Å². The molecule has 1 saturated heterocycles. The van der Waals surface area contributed by atoms with Gasteiger partial charge < -0.3 is 48.5 Å². The molecule has 18 nitrogen and oxygen atoms in total. The van der Waals surface area contributed by atoms with Gasteiger partial charge in [0.15, 0.2) is 18.8 Å². The summed E-state index contributed by atoms with van der Waals surface area (Å²) in [7, 11) is 2.37. The SMILES string of the molecule is COC(=O)CCCCCCCO[C@]1(C(=O)OC)C[C@H](OC(C)=O)[C@@H](NC(=O)COC(C)=O)[C@H]([C@H](OC(C)=O)[C@@H](CNC(=O)Cc2ccc(Cl)cc2)OC(C)=O)O1. The van der Waals surface area contributed by atoms with Crippen LogP contribution in [0.5, 0.6) is 0 Å². The first-order valence-electron chi connectivity index (χ1n) is 17.9. The first-order chi connectivity index (χ1) is 26.5. The summed E-state index contributed by atoms with van der Waals surface area (Å²) in [5, 5.41) is 5.65. The van der Waals surface area contributed by atoms with Gasteiger partial charge in [0, 0.05) is 39.1 Å². The van der Waals surface area contributed by atoms with E-state index in [0.29, 0.717) is 36.3 Å². The minimum Gasteiger partial charge on any atom is -0.469 e. The molecule has 2 amide bonds. The van der Waals surface area contributed by atoms with Crippen LogP contribution in [0.25, 0.3) is 0 Å². The fourth-order valence-electron chi connectivity index (χ4n) is 5.84. The molecule has 1 aliphatic rings. The summed E-state index contributed by atoms with van der Waals surface area (Å²) in [5.41, 5.74) is 0.601. The first kappa shape index (κ1) is 47.3. The van der Waals surface area contributed by atoms with Crippen LogP contribution in [-0.4, -0.2) is 118 Å². The minimum atomic E-state index is -2.35. The van der Waals surface area contributed by atoms with Crippen molar-refractivity contribution in [2.24, 2.45) is 0 Å². The van der Waals surface area contributed by atoms with E-state index in [2.05, 4.69) is 15.4 Å². The molecule has 1 aromatic carbocycles. The molecule has 0 unspecified atom stereocenters. The fraction of sp³-hybridized carbons (Fsp3) is 0.622. The zero-order valence-corrected chi connectivity index (χ0v) is 33.1. The number of halogens is 1. The number of carbonyl (C=O) groups excluding carboxylic acids is 8. The fourth-order valence-corrected chi connectivity index (χ4v) is 5.97. The maximum atomic E-state index is 13.6. The van der Waals surface area contributed by atoms with Gasteiger partial charge in [0.2, 0.25) is 5.91 Å². The molecular formula is C37H51ClN2O16. The number of hydrogen-bond donors (Lipinski definition) is 2. The van der Waals surface area contributed by atoms with Gasteiger partial charge in [-0.2, -0.15) is 0 Å². The Balaban J connectivity index is 2.56. The van der Waals surface area contributed by atoms with Gasteiger partial charge in [-0.25, -0.2) is 4.79 Å². The molecule has 1 heterocycles. The van der Waals surface area contributed by atoms with Gasteiger partial charge >= 0.3 is 35.8 Å².